The van der Waals surface area contributed by atoms with E-state index < -0.39 is 17.6 Å². The van der Waals surface area contributed by atoms with Gasteiger partial charge in [-0.25, -0.2) is 0 Å². The van der Waals surface area contributed by atoms with Crippen LogP contribution in [0.1, 0.15) is 25.3 Å². The average Bonchev–Trinajstić information content (AvgIpc) is 2.92. The van der Waals surface area contributed by atoms with Crippen molar-refractivity contribution in [2.24, 2.45) is 0 Å². The molecule has 128 valence electrons. The van der Waals surface area contributed by atoms with Crippen LogP contribution in [-0.4, -0.2) is 29.3 Å². The molecule has 1 saturated heterocycles. The number of nitrogens with one attached hydrogen (secondary N) is 1. The molecular formula is C16H15F3N2O2S. The number of fused-ring (bicyclic) bond motifs is 1. The molecule has 8 heteroatoms. The summed E-state index contributed by atoms with van der Waals surface area (Å²) in [6.07, 6.45) is -1.35. The first-order valence-corrected chi connectivity index (χ1v) is 8.30. The second-order valence-electron chi connectivity index (χ2n) is 5.80. The van der Waals surface area contributed by atoms with Gasteiger partial charge in [0, 0.05) is 23.6 Å². The largest absolute Gasteiger partial charge is 0.416 e. The summed E-state index contributed by atoms with van der Waals surface area (Å²) in [5.41, 5.74) is -0.712. The van der Waals surface area contributed by atoms with E-state index >= 15 is 0 Å². The fourth-order valence-electron chi connectivity index (χ4n) is 2.79. The second-order valence-corrected chi connectivity index (χ2v) is 6.88. The van der Waals surface area contributed by atoms with Gasteiger partial charge in [0.1, 0.15) is 0 Å². The highest BCUT2D eigenvalue weighted by molar-refractivity contribution is 8.04. The van der Waals surface area contributed by atoms with Gasteiger partial charge in [-0.05, 0) is 38.0 Å². The summed E-state index contributed by atoms with van der Waals surface area (Å²) in [6, 6.07) is 3.30. The molecule has 24 heavy (non-hydrogen) atoms. The van der Waals surface area contributed by atoms with Crippen molar-refractivity contribution in [3.05, 3.63) is 34.7 Å². The molecule has 2 aliphatic heterocycles. The Balaban J connectivity index is 1.83. The molecule has 1 aromatic rings. The van der Waals surface area contributed by atoms with Crippen molar-refractivity contribution in [3.8, 4) is 0 Å². The van der Waals surface area contributed by atoms with E-state index in [2.05, 4.69) is 5.32 Å². The third-order valence-electron chi connectivity index (χ3n) is 4.09. The zero-order valence-corrected chi connectivity index (χ0v) is 13.6. The van der Waals surface area contributed by atoms with Gasteiger partial charge in [-0.3, -0.25) is 9.59 Å². The fourth-order valence-corrected chi connectivity index (χ4v) is 3.69. The lowest BCUT2D eigenvalue weighted by Gasteiger charge is -2.22. The number of carbonyl (C=O) groups is 2. The Bertz CT molecular complexity index is 731. The van der Waals surface area contributed by atoms with Crippen molar-refractivity contribution in [2.75, 3.05) is 11.9 Å². The minimum atomic E-state index is -4.47. The second kappa shape index (κ2) is 6.16. The molecule has 0 spiro atoms. The van der Waals surface area contributed by atoms with Crippen LogP contribution in [0.2, 0.25) is 0 Å². The van der Waals surface area contributed by atoms with Gasteiger partial charge in [0.15, 0.2) is 0 Å². The Hall–Kier alpha value is -1.96. The van der Waals surface area contributed by atoms with Gasteiger partial charge in [0.25, 0.3) is 5.91 Å². The summed E-state index contributed by atoms with van der Waals surface area (Å²) >= 11 is 1.01. The lowest BCUT2D eigenvalue weighted by molar-refractivity contribution is -0.137. The number of amides is 2. The quantitative estimate of drug-likeness (QED) is 0.782. The molecule has 0 saturated carbocycles. The first kappa shape index (κ1) is 16.9. The predicted octanol–water partition coefficient (Wildman–Crippen LogP) is 3.64. The topological polar surface area (TPSA) is 49.4 Å². The SMILES string of the molecule is CC1CCCN1C(=O)C=C1Sc2ccc(C(F)(F)F)cc2NC1=O. The van der Waals surface area contributed by atoms with Crippen molar-refractivity contribution in [2.45, 2.75) is 36.9 Å². The summed E-state index contributed by atoms with van der Waals surface area (Å²) in [5, 5.41) is 2.43. The van der Waals surface area contributed by atoms with Gasteiger partial charge < -0.3 is 10.2 Å². The summed E-state index contributed by atoms with van der Waals surface area (Å²) < 4.78 is 38.2. The molecule has 0 bridgehead atoms. The van der Waals surface area contributed by atoms with Crippen LogP contribution in [-0.2, 0) is 15.8 Å². The number of halogens is 3. The van der Waals surface area contributed by atoms with E-state index in [1.807, 2.05) is 6.92 Å². The molecule has 1 atom stereocenters. The van der Waals surface area contributed by atoms with Gasteiger partial charge in [-0.1, -0.05) is 11.8 Å². The Morgan fingerprint density at radius 2 is 2.17 bits per heavy atom. The first-order chi connectivity index (χ1) is 11.3. The van der Waals surface area contributed by atoms with E-state index in [9.17, 15) is 22.8 Å². The lowest BCUT2D eigenvalue weighted by Crippen LogP contribution is -2.33. The molecule has 0 radical (unpaired) electrons. The zero-order chi connectivity index (χ0) is 17.5. The standard InChI is InChI=1S/C16H15F3N2O2S/c1-9-3-2-6-21(9)14(22)8-13-15(23)20-11-7-10(16(17,18)19)4-5-12(11)24-13/h4-5,7-9H,2-3,6H2,1H3,(H,20,23). The number of rotatable bonds is 1. The first-order valence-electron chi connectivity index (χ1n) is 7.48. The smallest absolute Gasteiger partial charge is 0.336 e. The third-order valence-corrected chi connectivity index (χ3v) is 5.19. The van der Waals surface area contributed by atoms with E-state index in [1.165, 1.54) is 12.1 Å². The Morgan fingerprint density at radius 1 is 1.42 bits per heavy atom. The molecule has 3 rings (SSSR count). The predicted molar refractivity (Wildman–Crippen MR) is 84.4 cm³/mol. The van der Waals surface area contributed by atoms with Crippen molar-refractivity contribution in [1.29, 1.82) is 0 Å². The minimum absolute atomic E-state index is 0.110. The number of hydrogen-bond acceptors (Lipinski definition) is 3. The molecule has 2 heterocycles. The van der Waals surface area contributed by atoms with E-state index in [0.717, 1.165) is 36.7 Å². The highest BCUT2D eigenvalue weighted by Gasteiger charge is 2.33. The molecule has 0 aliphatic carbocycles. The molecule has 1 unspecified atom stereocenters. The van der Waals surface area contributed by atoms with Crippen LogP contribution >= 0.6 is 11.8 Å². The Morgan fingerprint density at radius 3 is 2.79 bits per heavy atom. The summed E-state index contributed by atoms with van der Waals surface area (Å²) in [7, 11) is 0. The number of carbonyl (C=O) groups excluding carboxylic acids is 2. The van der Waals surface area contributed by atoms with E-state index in [4.69, 9.17) is 0 Å². The summed E-state index contributed by atoms with van der Waals surface area (Å²) in [4.78, 5) is 26.7. The van der Waals surface area contributed by atoms with Crippen LogP contribution in [0.3, 0.4) is 0 Å². The molecule has 2 amide bonds. The van der Waals surface area contributed by atoms with Gasteiger partial charge in [-0.15, -0.1) is 0 Å². The number of likely N-dealkylation sites (tertiary alicyclic amines) is 1. The number of thioether (sulfide) groups is 1. The number of nitrogens with zero attached hydrogens (tertiary/aromatic N) is 1. The highest BCUT2D eigenvalue weighted by Crippen LogP contribution is 2.41. The third kappa shape index (κ3) is 3.28. The highest BCUT2D eigenvalue weighted by atomic mass is 32.2. The van der Waals surface area contributed by atoms with Gasteiger partial charge in [0.2, 0.25) is 5.91 Å². The molecule has 1 N–H and O–H groups in total. The van der Waals surface area contributed by atoms with E-state index in [0.29, 0.717) is 11.4 Å². The summed E-state index contributed by atoms with van der Waals surface area (Å²) in [6.45, 7) is 2.60. The van der Waals surface area contributed by atoms with Crippen LogP contribution < -0.4 is 5.32 Å². The number of alkyl halides is 3. The van der Waals surface area contributed by atoms with Gasteiger partial charge >= 0.3 is 6.18 Å². The maximum atomic E-state index is 12.7. The molecule has 1 fully saturated rings. The zero-order valence-electron chi connectivity index (χ0n) is 12.8. The van der Waals surface area contributed by atoms with Crippen molar-refractivity contribution in [1.82, 2.24) is 4.90 Å². The minimum Gasteiger partial charge on any atom is -0.336 e. The van der Waals surface area contributed by atoms with Crippen molar-refractivity contribution >= 4 is 29.3 Å². The van der Waals surface area contributed by atoms with Crippen LogP contribution in [0.25, 0.3) is 0 Å². The maximum Gasteiger partial charge on any atom is 0.416 e. The summed E-state index contributed by atoms with van der Waals surface area (Å²) in [5.74, 6) is -0.806. The maximum absolute atomic E-state index is 12.7. The number of hydrogen-bond donors (Lipinski definition) is 1. The normalized spacial score (nSPS) is 22.5. The van der Waals surface area contributed by atoms with Crippen LogP contribution in [0, 0.1) is 0 Å². The Labute approximate surface area is 141 Å². The van der Waals surface area contributed by atoms with E-state index in [-0.39, 0.29) is 22.5 Å². The molecule has 1 aromatic carbocycles. The van der Waals surface area contributed by atoms with Crippen molar-refractivity contribution < 1.29 is 22.8 Å². The van der Waals surface area contributed by atoms with Crippen LogP contribution in [0.5, 0.6) is 0 Å². The lowest BCUT2D eigenvalue weighted by atomic mass is 10.2. The van der Waals surface area contributed by atoms with Crippen LogP contribution in [0.4, 0.5) is 18.9 Å². The molecule has 0 aromatic heterocycles. The monoisotopic (exact) mass is 356 g/mol. The molecule has 4 nitrogen and oxygen atoms in total. The van der Waals surface area contributed by atoms with E-state index in [1.54, 1.807) is 4.90 Å². The van der Waals surface area contributed by atoms with Crippen LogP contribution in [0.15, 0.2) is 34.1 Å². The Kier molecular flexibility index (Phi) is 4.33. The number of anilines is 1. The number of benzene rings is 1. The molecular weight excluding hydrogens is 341 g/mol. The average molecular weight is 356 g/mol. The van der Waals surface area contributed by atoms with Gasteiger partial charge in [0.05, 0.1) is 16.2 Å². The van der Waals surface area contributed by atoms with Crippen molar-refractivity contribution in [3.63, 3.8) is 0 Å². The van der Waals surface area contributed by atoms with Gasteiger partial charge in [-0.2, -0.15) is 13.2 Å². The fraction of sp³-hybridized carbons (Fsp3) is 0.375. The molecule has 2 aliphatic rings.